The number of para-hydroxylation sites is 1. The first-order chi connectivity index (χ1) is 9.20. The zero-order chi connectivity index (χ0) is 13.7. The van der Waals surface area contributed by atoms with Gasteiger partial charge in [-0.15, -0.1) is 0 Å². The topological polar surface area (TPSA) is 21.3 Å². The maximum absolute atomic E-state index is 5.43. The Morgan fingerprint density at radius 2 is 1.79 bits per heavy atom. The summed E-state index contributed by atoms with van der Waals surface area (Å²) in [6.45, 7) is 8.82. The van der Waals surface area contributed by atoms with E-state index in [-0.39, 0.29) is 0 Å². The van der Waals surface area contributed by atoms with Gasteiger partial charge in [0.05, 0.1) is 6.61 Å². The van der Waals surface area contributed by atoms with Crippen molar-refractivity contribution >= 4 is 11.4 Å². The highest BCUT2D eigenvalue weighted by Crippen LogP contribution is 2.22. The first-order valence-corrected chi connectivity index (χ1v) is 6.45. The van der Waals surface area contributed by atoms with Crippen LogP contribution in [-0.2, 0) is 0 Å². The zero-order valence-corrected chi connectivity index (χ0v) is 11.4. The van der Waals surface area contributed by atoms with Crippen molar-refractivity contribution < 1.29 is 4.74 Å². The molecule has 0 spiro atoms. The lowest BCUT2D eigenvalue weighted by Gasteiger charge is -2.12. The molecule has 0 aliphatic carbocycles. The second-order valence-electron chi connectivity index (χ2n) is 4.38. The third-order valence-corrected chi connectivity index (χ3v) is 2.94. The second kappa shape index (κ2) is 6.10. The van der Waals surface area contributed by atoms with Crippen LogP contribution in [0.4, 0.5) is 5.69 Å². The fraction of sp³-hybridized carbons (Fsp3) is 0.176. The van der Waals surface area contributed by atoms with Gasteiger partial charge in [0, 0.05) is 11.4 Å². The summed E-state index contributed by atoms with van der Waals surface area (Å²) >= 11 is 0. The third-order valence-electron chi connectivity index (χ3n) is 2.94. The number of rotatable bonds is 5. The van der Waals surface area contributed by atoms with Crippen LogP contribution < -0.4 is 10.1 Å². The summed E-state index contributed by atoms with van der Waals surface area (Å²) in [6, 6.07) is 16.1. The highest BCUT2D eigenvalue weighted by molar-refractivity contribution is 5.76. The van der Waals surface area contributed by atoms with E-state index in [9.17, 15) is 0 Å². The molecule has 0 aliphatic heterocycles. The number of hydrogen-bond acceptors (Lipinski definition) is 2. The highest BCUT2D eigenvalue weighted by Gasteiger charge is 2.02. The number of benzene rings is 2. The van der Waals surface area contributed by atoms with Gasteiger partial charge in [0.25, 0.3) is 0 Å². The molecule has 2 aromatic rings. The minimum absolute atomic E-state index is 0.682. The van der Waals surface area contributed by atoms with E-state index >= 15 is 0 Å². The van der Waals surface area contributed by atoms with E-state index < -0.39 is 0 Å². The standard InChI is InChI=1S/C17H19NO/c1-4-19-16-11-9-15(10-12-16)14(3)18-17-8-6-5-7-13(17)2/h5-12,18H,3-4H2,1-2H3. The molecule has 2 rings (SSSR count). The van der Waals surface area contributed by atoms with Crippen LogP contribution >= 0.6 is 0 Å². The van der Waals surface area contributed by atoms with Crippen LogP contribution in [0.15, 0.2) is 55.1 Å². The van der Waals surface area contributed by atoms with Crippen molar-refractivity contribution in [1.29, 1.82) is 0 Å². The van der Waals surface area contributed by atoms with Crippen LogP contribution in [0.2, 0.25) is 0 Å². The average molecular weight is 253 g/mol. The predicted octanol–water partition coefficient (Wildman–Crippen LogP) is 4.48. The third kappa shape index (κ3) is 3.38. The lowest BCUT2D eigenvalue weighted by Crippen LogP contribution is -1.99. The molecule has 98 valence electrons. The molecule has 0 heterocycles. The largest absolute Gasteiger partial charge is 0.494 e. The molecule has 0 unspecified atom stereocenters. The molecule has 1 N–H and O–H groups in total. The Bertz CT molecular complexity index is 558. The van der Waals surface area contributed by atoms with Crippen molar-refractivity contribution in [3.8, 4) is 5.75 Å². The van der Waals surface area contributed by atoms with Gasteiger partial charge in [-0.1, -0.05) is 24.8 Å². The maximum Gasteiger partial charge on any atom is 0.119 e. The van der Waals surface area contributed by atoms with Crippen LogP contribution in [0, 0.1) is 6.92 Å². The lowest BCUT2D eigenvalue weighted by atomic mass is 10.1. The summed E-state index contributed by atoms with van der Waals surface area (Å²) in [5.74, 6) is 0.884. The average Bonchev–Trinajstić information content (AvgIpc) is 2.42. The molecule has 2 heteroatoms. The van der Waals surface area contributed by atoms with Gasteiger partial charge >= 0.3 is 0 Å². The molecule has 0 aliphatic rings. The fourth-order valence-electron chi connectivity index (χ4n) is 1.87. The normalized spacial score (nSPS) is 10.0. The number of aryl methyl sites for hydroxylation is 1. The van der Waals surface area contributed by atoms with Gasteiger partial charge in [-0.05, 0) is 55.3 Å². The Hall–Kier alpha value is -2.22. The minimum Gasteiger partial charge on any atom is -0.494 e. The molecule has 0 bridgehead atoms. The van der Waals surface area contributed by atoms with E-state index in [2.05, 4.69) is 31.0 Å². The van der Waals surface area contributed by atoms with Gasteiger partial charge in [-0.2, -0.15) is 0 Å². The molecule has 0 saturated heterocycles. The number of ether oxygens (including phenoxy) is 1. The van der Waals surface area contributed by atoms with Gasteiger partial charge in [-0.3, -0.25) is 0 Å². The number of anilines is 1. The van der Waals surface area contributed by atoms with Gasteiger partial charge in [0.1, 0.15) is 5.75 Å². The molecule has 0 amide bonds. The van der Waals surface area contributed by atoms with Crippen LogP contribution in [0.3, 0.4) is 0 Å². The first-order valence-electron chi connectivity index (χ1n) is 6.45. The monoisotopic (exact) mass is 253 g/mol. The van der Waals surface area contributed by atoms with Gasteiger partial charge in [-0.25, -0.2) is 0 Å². The molecule has 2 nitrogen and oxygen atoms in total. The minimum atomic E-state index is 0.682. The molecular formula is C17H19NO. The van der Waals surface area contributed by atoms with Crippen LogP contribution in [0.25, 0.3) is 5.70 Å². The summed E-state index contributed by atoms with van der Waals surface area (Å²) in [5.41, 5.74) is 4.24. The van der Waals surface area contributed by atoms with Crippen molar-refractivity contribution in [1.82, 2.24) is 0 Å². The van der Waals surface area contributed by atoms with E-state index in [4.69, 9.17) is 4.74 Å². The zero-order valence-electron chi connectivity index (χ0n) is 11.4. The Kier molecular flexibility index (Phi) is 4.24. The highest BCUT2D eigenvalue weighted by atomic mass is 16.5. The SMILES string of the molecule is C=C(Nc1ccccc1C)c1ccc(OCC)cc1. The van der Waals surface area contributed by atoms with Crippen molar-refractivity contribution in [3.05, 3.63) is 66.2 Å². The second-order valence-corrected chi connectivity index (χ2v) is 4.38. The molecule has 0 saturated carbocycles. The van der Waals surface area contributed by atoms with E-state index in [1.165, 1.54) is 5.56 Å². The summed E-state index contributed by atoms with van der Waals surface area (Å²) in [7, 11) is 0. The molecule has 0 radical (unpaired) electrons. The van der Waals surface area contributed by atoms with E-state index in [1.54, 1.807) is 0 Å². The van der Waals surface area contributed by atoms with Crippen LogP contribution in [0.1, 0.15) is 18.1 Å². The summed E-state index contributed by atoms with van der Waals surface area (Å²) in [4.78, 5) is 0. The van der Waals surface area contributed by atoms with Crippen molar-refractivity contribution in [3.63, 3.8) is 0 Å². The molecule has 19 heavy (non-hydrogen) atoms. The van der Waals surface area contributed by atoms with E-state index in [0.29, 0.717) is 6.61 Å². The van der Waals surface area contributed by atoms with Gasteiger partial charge < -0.3 is 10.1 Å². The summed E-state index contributed by atoms with van der Waals surface area (Å²) in [5, 5.41) is 3.34. The summed E-state index contributed by atoms with van der Waals surface area (Å²) in [6.07, 6.45) is 0. The quantitative estimate of drug-likeness (QED) is 0.848. The van der Waals surface area contributed by atoms with Crippen molar-refractivity contribution in [2.75, 3.05) is 11.9 Å². The maximum atomic E-state index is 5.43. The van der Waals surface area contributed by atoms with Crippen LogP contribution in [-0.4, -0.2) is 6.61 Å². The van der Waals surface area contributed by atoms with Crippen molar-refractivity contribution in [2.24, 2.45) is 0 Å². The molecule has 2 aromatic carbocycles. The van der Waals surface area contributed by atoms with E-state index in [1.807, 2.05) is 43.3 Å². The molecule has 0 fully saturated rings. The lowest BCUT2D eigenvalue weighted by molar-refractivity contribution is 0.340. The Morgan fingerprint density at radius 3 is 2.42 bits per heavy atom. The summed E-state index contributed by atoms with van der Waals surface area (Å²) < 4.78 is 5.43. The number of hydrogen-bond donors (Lipinski definition) is 1. The van der Waals surface area contributed by atoms with Gasteiger partial charge in [0.15, 0.2) is 0 Å². The van der Waals surface area contributed by atoms with Gasteiger partial charge in [0.2, 0.25) is 0 Å². The van der Waals surface area contributed by atoms with Crippen LogP contribution in [0.5, 0.6) is 5.75 Å². The molecule has 0 aromatic heterocycles. The Labute approximate surface area is 114 Å². The molecule has 0 atom stereocenters. The molecular weight excluding hydrogens is 234 g/mol. The smallest absolute Gasteiger partial charge is 0.119 e. The first kappa shape index (κ1) is 13.2. The Balaban J connectivity index is 2.10. The Morgan fingerprint density at radius 1 is 1.11 bits per heavy atom. The fourth-order valence-corrected chi connectivity index (χ4v) is 1.87. The number of nitrogens with one attached hydrogen (secondary N) is 1. The van der Waals surface area contributed by atoms with E-state index in [0.717, 1.165) is 22.7 Å². The van der Waals surface area contributed by atoms with Crippen molar-refractivity contribution in [2.45, 2.75) is 13.8 Å². The predicted molar refractivity (Wildman–Crippen MR) is 81.4 cm³/mol.